The predicted molar refractivity (Wildman–Crippen MR) is 150 cm³/mol. The zero-order valence-electron chi connectivity index (χ0n) is 21.7. The van der Waals surface area contributed by atoms with E-state index in [4.69, 9.17) is 11.6 Å². The van der Waals surface area contributed by atoms with Crippen LogP contribution < -0.4 is 9.62 Å². The lowest BCUT2D eigenvalue weighted by atomic mass is 10.1. The van der Waals surface area contributed by atoms with Crippen LogP contribution in [0.3, 0.4) is 0 Å². The molecular formula is C27H26BrClF3N3O4S. The van der Waals surface area contributed by atoms with E-state index in [1.54, 1.807) is 31.2 Å². The highest BCUT2D eigenvalue weighted by atomic mass is 79.9. The van der Waals surface area contributed by atoms with Gasteiger partial charge in [-0.05, 0) is 61.9 Å². The van der Waals surface area contributed by atoms with Crippen molar-refractivity contribution in [3.8, 4) is 0 Å². The molecule has 40 heavy (non-hydrogen) atoms. The van der Waals surface area contributed by atoms with Gasteiger partial charge in [0.2, 0.25) is 11.8 Å². The van der Waals surface area contributed by atoms with Crippen LogP contribution in [0.2, 0.25) is 5.02 Å². The molecule has 0 aliphatic rings. The van der Waals surface area contributed by atoms with Crippen molar-refractivity contribution in [1.29, 1.82) is 0 Å². The van der Waals surface area contributed by atoms with E-state index in [0.29, 0.717) is 15.9 Å². The smallest absolute Gasteiger partial charge is 0.357 e. The monoisotopic (exact) mass is 659 g/mol. The molecule has 214 valence electrons. The molecule has 0 saturated carbocycles. The number of carbonyl (C=O) groups excluding carboxylic acids is 2. The van der Waals surface area contributed by atoms with Gasteiger partial charge >= 0.3 is 6.18 Å². The molecule has 0 unspecified atom stereocenters. The zero-order chi connectivity index (χ0) is 29.8. The van der Waals surface area contributed by atoms with E-state index in [9.17, 15) is 31.2 Å². The summed E-state index contributed by atoms with van der Waals surface area (Å²) in [7, 11) is -3.15. The second-order valence-electron chi connectivity index (χ2n) is 8.92. The Hall–Kier alpha value is -3.09. The van der Waals surface area contributed by atoms with Crippen LogP contribution in [0.5, 0.6) is 0 Å². The van der Waals surface area contributed by atoms with E-state index in [2.05, 4.69) is 21.2 Å². The summed E-state index contributed by atoms with van der Waals surface area (Å²) < 4.78 is 69.9. The van der Waals surface area contributed by atoms with Gasteiger partial charge in [-0.15, -0.1) is 0 Å². The van der Waals surface area contributed by atoms with Crippen LogP contribution >= 0.6 is 27.5 Å². The lowest BCUT2D eigenvalue weighted by molar-refractivity contribution is -0.139. The third-order valence-corrected chi connectivity index (χ3v) is 8.76. The molecule has 3 aromatic carbocycles. The van der Waals surface area contributed by atoms with E-state index >= 15 is 0 Å². The Kier molecular flexibility index (Phi) is 9.91. The third-order valence-electron chi connectivity index (χ3n) is 6.11. The predicted octanol–water partition coefficient (Wildman–Crippen LogP) is 5.79. The van der Waals surface area contributed by atoms with Gasteiger partial charge in [0.15, 0.2) is 0 Å². The molecule has 0 aromatic heterocycles. The van der Waals surface area contributed by atoms with E-state index in [0.717, 1.165) is 22.2 Å². The van der Waals surface area contributed by atoms with Crippen molar-refractivity contribution in [2.75, 3.05) is 17.9 Å². The number of likely N-dealkylation sites (N-methyl/N-ethyl adjacent to an activating group) is 1. The Morgan fingerprint density at radius 3 is 2.17 bits per heavy atom. The maximum Gasteiger partial charge on any atom is 0.417 e. The molecule has 0 spiro atoms. The molecule has 1 atom stereocenters. The Bertz CT molecular complexity index is 1480. The van der Waals surface area contributed by atoms with Crippen LogP contribution in [0.1, 0.15) is 23.6 Å². The minimum Gasteiger partial charge on any atom is -0.357 e. The number of amides is 2. The first-order chi connectivity index (χ1) is 18.6. The summed E-state index contributed by atoms with van der Waals surface area (Å²) in [5.41, 5.74) is -0.269. The van der Waals surface area contributed by atoms with Crippen molar-refractivity contribution in [2.24, 2.45) is 0 Å². The highest BCUT2D eigenvalue weighted by molar-refractivity contribution is 9.10. The van der Waals surface area contributed by atoms with Crippen LogP contribution in [-0.4, -0.2) is 44.8 Å². The molecule has 0 radical (unpaired) electrons. The van der Waals surface area contributed by atoms with Gasteiger partial charge in [0.1, 0.15) is 12.6 Å². The normalized spacial score (nSPS) is 12.5. The van der Waals surface area contributed by atoms with Crippen molar-refractivity contribution in [3.63, 3.8) is 0 Å². The van der Waals surface area contributed by atoms with Gasteiger partial charge in [-0.2, -0.15) is 13.2 Å². The van der Waals surface area contributed by atoms with Gasteiger partial charge in [0.05, 0.1) is 21.2 Å². The van der Waals surface area contributed by atoms with Crippen molar-refractivity contribution in [1.82, 2.24) is 10.2 Å². The number of alkyl halides is 3. The molecule has 13 heteroatoms. The molecule has 3 rings (SSSR count). The van der Waals surface area contributed by atoms with Crippen molar-refractivity contribution in [2.45, 2.75) is 37.5 Å². The van der Waals surface area contributed by atoms with Gasteiger partial charge in [-0.25, -0.2) is 8.42 Å². The number of sulfonamides is 1. The Balaban J connectivity index is 2.12. The number of rotatable bonds is 9. The summed E-state index contributed by atoms with van der Waals surface area (Å²) in [6, 6.07) is 14.2. The number of hydrogen-bond acceptors (Lipinski definition) is 4. The van der Waals surface area contributed by atoms with Gasteiger partial charge in [-0.3, -0.25) is 13.9 Å². The van der Waals surface area contributed by atoms with Gasteiger partial charge < -0.3 is 10.2 Å². The summed E-state index contributed by atoms with van der Waals surface area (Å²) in [4.78, 5) is 27.2. The van der Waals surface area contributed by atoms with Crippen molar-refractivity contribution >= 4 is 55.1 Å². The summed E-state index contributed by atoms with van der Waals surface area (Å²) >= 11 is 9.10. The maximum absolute atomic E-state index is 13.8. The average Bonchev–Trinajstić information content (AvgIpc) is 2.90. The van der Waals surface area contributed by atoms with Crippen LogP contribution in [-0.2, 0) is 32.3 Å². The largest absolute Gasteiger partial charge is 0.417 e. The van der Waals surface area contributed by atoms with Gasteiger partial charge in [0, 0.05) is 18.1 Å². The molecule has 7 nitrogen and oxygen atoms in total. The number of carbonyl (C=O) groups is 2. The average molecular weight is 661 g/mol. The van der Waals surface area contributed by atoms with E-state index in [-0.39, 0.29) is 11.4 Å². The molecule has 0 saturated heterocycles. The molecule has 0 aliphatic heterocycles. The summed E-state index contributed by atoms with van der Waals surface area (Å²) in [6.45, 7) is 2.27. The molecule has 0 heterocycles. The number of aryl methyl sites for hydroxylation is 1. The van der Waals surface area contributed by atoms with Gasteiger partial charge in [0.25, 0.3) is 10.0 Å². The highest BCUT2D eigenvalue weighted by Gasteiger charge is 2.36. The van der Waals surface area contributed by atoms with E-state index in [1.165, 1.54) is 43.1 Å². The summed E-state index contributed by atoms with van der Waals surface area (Å²) in [5, 5.41) is 1.84. The number of anilines is 1. The first-order valence-corrected chi connectivity index (χ1v) is 14.5. The molecule has 2 amide bonds. The van der Waals surface area contributed by atoms with E-state index < -0.39 is 56.9 Å². The van der Waals surface area contributed by atoms with Crippen molar-refractivity contribution < 1.29 is 31.2 Å². The molecule has 1 N–H and O–H groups in total. The van der Waals surface area contributed by atoms with Crippen molar-refractivity contribution in [3.05, 3.63) is 92.9 Å². The molecule has 0 fully saturated rings. The fraction of sp³-hybridized carbons (Fsp3) is 0.259. The summed E-state index contributed by atoms with van der Waals surface area (Å²) in [6.07, 6.45) is -4.88. The number of nitrogens with zero attached hydrogens (tertiary/aromatic N) is 2. The number of halogens is 5. The van der Waals surface area contributed by atoms with Crippen LogP contribution in [0.15, 0.2) is 76.1 Å². The number of benzene rings is 3. The minimum absolute atomic E-state index is 0.0620. The second-order valence-corrected chi connectivity index (χ2v) is 12.1. The standard InChI is InChI=1S/C27H26BrClF3N3O4S/c1-17-4-11-22(12-5-17)40(38,39)35(21-10-13-24(29)23(14-21)27(30,31)32)16-25(36)34(18(2)26(37)33-3)15-19-6-8-20(28)9-7-19/h4-14,18H,15-16H2,1-3H3,(H,33,37)/t18-/m0/s1. The molecule has 3 aromatic rings. The van der Waals surface area contributed by atoms with Crippen LogP contribution in [0.25, 0.3) is 0 Å². The first kappa shape index (κ1) is 31.4. The Morgan fingerprint density at radius 1 is 1.02 bits per heavy atom. The SMILES string of the molecule is CNC(=O)[C@H](C)N(Cc1ccc(Br)cc1)C(=O)CN(c1ccc(Cl)c(C(F)(F)F)c1)S(=O)(=O)c1ccc(C)cc1. The van der Waals surface area contributed by atoms with Crippen LogP contribution in [0.4, 0.5) is 18.9 Å². The second kappa shape index (κ2) is 12.6. The topological polar surface area (TPSA) is 86.8 Å². The fourth-order valence-corrected chi connectivity index (χ4v) is 5.72. The highest BCUT2D eigenvalue weighted by Crippen LogP contribution is 2.38. The Morgan fingerprint density at radius 2 is 1.62 bits per heavy atom. The van der Waals surface area contributed by atoms with Crippen LogP contribution in [0, 0.1) is 6.92 Å². The number of nitrogens with one attached hydrogen (secondary N) is 1. The lowest BCUT2D eigenvalue weighted by Gasteiger charge is -2.32. The minimum atomic E-state index is -4.88. The summed E-state index contributed by atoms with van der Waals surface area (Å²) in [5.74, 6) is -1.32. The quantitative estimate of drug-likeness (QED) is 0.315. The zero-order valence-corrected chi connectivity index (χ0v) is 24.8. The molecule has 0 bridgehead atoms. The number of hydrogen-bond donors (Lipinski definition) is 1. The maximum atomic E-state index is 13.8. The third kappa shape index (κ3) is 7.35. The fourth-order valence-electron chi connectivity index (χ4n) is 3.83. The van der Waals surface area contributed by atoms with Gasteiger partial charge in [-0.1, -0.05) is 57.4 Å². The molecular weight excluding hydrogens is 635 g/mol. The van der Waals surface area contributed by atoms with E-state index in [1.807, 2.05) is 0 Å². The first-order valence-electron chi connectivity index (χ1n) is 11.9. The molecule has 0 aliphatic carbocycles. The Labute approximate surface area is 244 Å². The lowest BCUT2D eigenvalue weighted by Crippen LogP contribution is -2.50.